The van der Waals surface area contributed by atoms with Crippen LogP contribution in [0.4, 0.5) is 4.39 Å². The minimum Gasteiger partial charge on any atom is -0.370 e. The van der Waals surface area contributed by atoms with Gasteiger partial charge >= 0.3 is 0 Å². The molecule has 0 fully saturated rings. The van der Waals surface area contributed by atoms with Crippen molar-refractivity contribution in [1.82, 2.24) is 5.32 Å². The van der Waals surface area contributed by atoms with Gasteiger partial charge in [0.1, 0.15) is 12.4 Å². The maximum Gasteiger partial charge on any atom is 0.243 e. The molecule has 0 saturated heterocycles. The molecule has 5 heteroatoms. The highest BCUT2D eigenvalue weighted by Gasteiger charge is 1.99. The molecule has 0 aromatic heterocycles. The van der Waals surface area contributed by atoms with Gasteiger partial charge in [-0.15, -0.1) is 0 Å². The number of benzene rings is 1. The Labute approximate surface area is 93.6 Å². The summed E-state index contributed by atoms with van der Waals surface area (Å²) >= 11 is 0. The molecule has 0 aliphatic rings. The van der Waals surface area contributed by atoms with E-state index in [2.05, 4.69) is 5.32 Å². The third kappa shape index (κ3) is 4.86. The van der Waals surface area contributed by atoms with Crippen LogP contribution in [0, 0.1) is 5.82 Å². The van der Waals surface area contributed by atoms with Crippen LogP contribution >= 0.6 is 0 Å². The maximum atomic E-state index is 13.1. The second kappa shape index (κ2) is 6.92. The summed E-state index contributed by atoms with van der Waals surface area (Å²) in [6.45, 7) is 1.27. The van der Waals surface area contributed by atoms with E-state index in [1.54, 1.807) is 18.2 Å². The molecule has 0 heterocycles. The van der Waals surface area contributed by atoms with Crippen LogP contribution in [-0.4, -0.2) is 25.7 Å². The van der Waals surface area contributed by atoms with E-state index in [1.807, 2.05) is 0 Å². The molecule has 0 unspecified atom stereocenters. The number of carbonyl (C=O) groups is 1. The Kier molecular flexibility index (Phi) is 5.45. The van der Waals surface area contributed by atoms with Gasteiger partial charge in [-0.1, -0.05) is 18.2 Å². The van der Waals surface area contributed by atoms with Gasteiger partial charge in [0, 0.05) is 18.7 Å². The van der Waals surface area contributed by atoms with Crippen LogP contribution in [-0.2, 0) is 16.1 Å². The Morgan fingerprint density at radius 2 is 2.19 bits per heavy atom. The normalized spacial score (nSPS) is 10.3. The summed E-state index contributed by atoms with van der Waals surface area (Å²) in [5, 5.41) is 3.00. The number of hydrogen-bond donors (Lipinski definition) is 2. The molecule has 0 aliphatic carbocycles. The van der Waals surface area contributed by atoms with Crippen molar-refractivity contribution in [3.63, 3.8) is 0 Å². The Balaban J connectivity index is 2.12. The Bertz CT molecular complexity index is 345. The van der Waals surface area contributed by atoms with E-state index in [1.165, 1.54) is 6.07 Å². The smallest absolute Gasteiger partial charge is 0.243 e. The lowest BCUT2D eigenvalue weighted by atomic mass is 10.2. The fourth-order valence-electron chi connectivity index (χ4n) is 1.18. The quantitative estimate of drug-likeness (QED) is 0.662. The number of nitrogens with one attached hydrogen (secondary N) is 1. The number of ether oxygens (including phenoxy) is 1. The average molecular weight is 226 g/mol. The van der Waals surface area contributed by atoms with E-state index in [4.69, 9.17) is 10.5 Å². The second-order valence-electron chi connectivity index (χ2n) is 3.29. The van der Waals surface area contributed by atoms with Gasteiger partial charge in [-0.3, -0.25) is 4.79 Å². The highest BCUT2D eigenvalue weighted by molar-refractivity contribution is 5.74. The van der Waals surface area contributed by atoms with Crippen LogP contribution in [0.5, 0.6) is 0 Å². The summed E-state index contributed by atoms with van der Waals surface area (Å²) in [5.74, 6) is -0.720. The molecule has 1 amide bonds. The number of hydrogen-bond acceptors (Lipinski definition) is 3. The van der Waals surface area contributed by atoms with Gasteiger partial charge in [-0.2, -0.15) is 0 Å². The lowest BCUT2D eigenvalue weighted by Crippen LogP contribution is -2.24. The predicted molar refractivity (Wildman–Crippen MR) is 58.1 cm³/mol. The zero-order chi connectivity index (χ0) is 11.8. The Hall–Kier alpha value is -1.46. The number of amides is 1. The first kappa shape index (κ1) is 12.6. The van der Waals surface area contributed by atoms with Gasteiger partial charge in [0.25, 0.3) is 0 Å². The van der Waals surface area contributed by atoms with Crippen molar-refractivity contribution in [2.45, 2.75) is 6.54 Å². The van der Waals surface area contributed by atoms with Gasteiger partial charge in [-0.25, -0.2) is 4.39 Å². The standard InChI is InChI=1S/C11H15FN2O2/c12-10-4-2-1-3-9(10)7-14-5-6-16-8-11(13)15/h1-4,14H,5-8H2,(H2,13,15). The van der Waals surface area contributed by atoms with Crippen LogP contribution in [0.25, 0.3) is 0 Å². The predicted octanol–water partition coefficient (Wildman–Crippen LogP) is 0.417. The molecular formula is C11H15FN2O2. The number of carbonyl (C=O) groups excluding carboxylic acids is 1. The van der Waals surface area contributed by atoms with Gasteiger partial charge in [0.15, 0.2) is 0 Å². The van der Waals surface area contributed by atoms with E-state index >= 15 is 0 Å². The molecule has 0 saturated carbocycles. The van der Waals surface area contributed by atoms with Crippen molar-refractivity contribution in [3.8, 4) is 0 Å². The average Bonchev–Trinajstić information content (AvgIpc) is 2.25. The molecule has 16 heavy (non-hydrogen) atoms. The largest absolute Gasteiger partial charge is 0.370 e. The fraction of sp³-hybridized carbons (Fsp3) is 0.364. The van der Waals surface area contributed by atoms with Crippen molar-refractivity contribution in [2.75, 3.05) is 19.8 Å². The van der Waals surface area contributed by atoms with Crippen molar-refractivity contribution in [2.24, 2.45) is 5.73 Å². The van der Waals surface area contributed by atoms with Crippen LogP contribution in [0.2, 0.25) is 0 Å². The summed E-state index contributed by atoms with van der Waals surface area (Å²) in [5.41, 5.74) is 5.49. The molecule has 1 aromatic carbocycles. The van der Waals surface area contributed by atoms with Crippen molar-refractivity contribution in [1.29, 1.82) is 0 Å². The second-order valence-corrected chi connectivity index (χ2v) is 3.29. The summed E-state index contributed by atoms with van der Waals surface area (Å²) in [7, 11) is 0. The SMILES string of the molecule is NC(=O)COCCNCc1ccccc1F. The van der Waals surface area contributed by atoms with E-state index in [0.717, 1.165) is 0 Å². The molecule has 0 bridgehead atoms. The zero-order valence-corrected chi connectivity index (χ0v) is 8.91. The zero-order valence-electron chi connectivity index (χ0n) is 8.91. The topological polar surface area (TPSA) is 64.4 Å². The molecule has 88 valence electrons. The third-order valence-corrected chi connectivity index (χ3v) is 1.94. The number of halogens is 1. The molecule has 3 N–H and O–H groups in total. The first-order valence-electron chi connectivity index (χ1n) is 5.00. The van der Waals surface area contributed by atoms with Crippen molar-refractivity contribution in [3.05, 3.63) is 35.6 Å². The van der Waals surface area contributed by atoms with E-state index in [-0.39, 0.29) is 12.4 Å². The van der Waals surface area contributed by atoms with Gasteiger partial charge < -0.3 is 15.8 Å². The van der Waals surface area contributed by atoms with E-state index in [0.29, 0.717) is 25.3 Å². The van der Waals surface area contributed by atoms with Gasteiger partial charge in [0.05, 0.1) is 6.61 Å². The van der Waals surface area contributed by atoms with Crippen LogP contribution < -0.4 is 11.1 Å². The fourth-order valence-corrected chi connectivity index (χ4v) is 1.18. The molecule has 0 aliphatic heterocycles. The van der Waals surface area contributed by atoms with Gasteiger partial charge in [-0.05, 0) is 6.07 Å². The Morgan fingerprint density at radius 3 is 2.88 bits per heavy atom. The van der Waals surface area contributed by atoms with Crippen LogP contribution in [0.1, 0.15) is 5.56 Å². The van der Waals surface area contributed by atoms with Crippen LogP contribution in [0.3, 0.4) is 0 Å². The first-order valence-corrected chi connectivity index (χ1v) is 5.00. The molecule has 4 nitrogen and oxygen atoms in total. The summed E-state index contributed by atoms with van der Waals surface area (Å²) in [6, 6.07) is 6.56. The van der Waals surface area contributed by atoms with Crippen LogP contribution in [0.15, 0.2) is 24.3 Å². The summed E-state index contributed by atoms with van der Waals surface area (Å²) in [4.78, 5) is 10.3. The monoisotopic (exact) mass is 226 g/mol. The maximum absolute atomic E-state index is 13.1. The molecule has 1 aromatic rings. The lowest BCUT2D eigenvalue weighted by molar-refractivity contribution is -0.122. The molecule has 0 atom stereocenters. The minimum atomic E-state index is -0.492. The number of primary amides is 1. The molecular weight excluding hydrogens is 211 g/mol. The highest BCUT2D eigenvalue weighted by atomic mass is 19.1. The molecule has 1 rings (SSSR count). The van der Waals surface area contributed by atoms with Gasteiger partial charge in [0.2, 0.25) is 5.91 Å². The molecule has 0 radical (unpaired) electrons. The highest BCUT2D eigenvalue weighted by Crippen LogP contribution is 2.04. The lowest BCUT2D eigenvalue weighted by Gasteiger charge is -2.05. The van der Waals surface area contributed by atoms with Crippen molar-refractivity contribution >= 4 is 5.91 Å². The summed E-state index contributed by atoms with van der Waals surface area (Å²) < 4.78 is 18.1. The van der Waals surface area contributed by atoms with E-state index in [9.17, 15) is 9.18 Å². The molecule has 0 spiro atoms. The Morgan fingerprint density at radius 1 is 1.44 bits per heavy atom. The van der Waals surface area contributed by atoms with E-state index < -0.39 is 5.91 Å². The number of nitrogens with two attached hydrogens (primary N) is 1. The third-order valence-electron chi connectivity index (χ3n) is 1.94. The minimum absolute atomic E-state index is 0.0820. The van der Waals surface area contributed by atoms with Crippen molar-refractivity contribution < 1.29 is 13.9 Å². The summed E-state index contributed by atoms with van der Waals surface area (Å²) in [6.07, 6.45) is 0. The number of rotatable bonds is 7. The first-order chi connectivity index (χ1) is 7.70.